The van der Waals surface area contributed by atoms with Crippen molar-refractivity contribution in [3.63, 3.8) is 0 Å². The van der Waals surface area contributed by atoms with Crippen LogP contribution in [0.15, 0.2) is 0 Å². The Morgan fingerprint density at radius 1 is 1.33 bits per heavy atom. The summed E-state index contributed by atoms with van der Waals surface area (Å²) in [7, 11) is 0. The highest BCUT2D eigenvalue weighted by molar-refractivity contribution is 8.17. The number of ketones is 1. The van der Waals surface area contributed by atoms with Gasteiger partial charge < -0.3 is 4.74 Å². The lowest BCUT2D eigenvalue weighted by Gasteiger charge is -2.24. The minimum absolute atomic E-state index is 0.0584. The highest BCUT2D eigenvalue weighted by atomic mass is 32.2. The second-order valence-electron chi connectivity index (χ2n) is 3.47. The van der Waals surface area contributed by atoms with Gasteiger partial charge >= 0.3 is 5.97 Å². The summed E-state index contributed by atoms with van der Waals surface area (Å²) in [4.78, 5) is 22.1. The van der Waals surface area contributed by atoms with Gasteiger partial charge in [0.05, 0.1) is 4.58 Å². The topological polar surface area (TPSA) is 43.4 Å². The molecule has 0 N–H and O–H groups in total. The molecule has 1 aliphatic heterocycles. The first-order chi connectivity index (χ1) is 7.09. The van der Waals surface area contributed by atoms with Crippen molar-refractivity contribution < 1.29 is 14.3 Å². The Balaban J connectivity index is 2.42. The van der Waals surface area contributed by atoms with Crippen molar-refractivity contribution in [1.29, 1.82) is 0 Å². The van der Waals surface area contributed by atoms with Gasteiger partial charge in [0.15, 0.2) is 11.9 Å². The number of rotatable bonds is 4. The Hall–Kier alpha value is -0.160. The van der Waals surface area contributed by atoms with Crippen LogP contribution in [0.25, 0.3) is 0 Å². The van der Waals surface area contributed by atoms with Gasteiger partial charge in [0.2, 0.25) is 0 Å². The third kappa shape index (κ3) is 4.93. The van der Waals surface area contributed by atoms with Crippen LogP contribution in [0.2, 0.25) is 0 Å². The molecule has 0 unspecified atom stereocenters. The lowest BCUT2D eigenvalue weighted by atomic mass is 10.2. The highest BCUT2D eigenvalue weighted by Crippen LogP contribution is 2.34. The fourth-order valence-corrected chi connectivity index (χ4v) is 4.26. The van der Waals surface area contributed by atoms with Crippen LogP contribution >= 0.6 is 23.5 Å². The van der Waals surface area contributed by atoms with Crippen molar-refractivity contribution in [2.24, 2.45) is 0 Å². The molecule has 3 nitrogen and oxygen atoms in total. The van der Waals surface area contributed by atoms with E-state index >= 15 is 0 Å². The summed E-state index contributed by atoms with van der Waals surface area (Å²) in [5.41, 5.74) is 0. The first-order valence-electron chi connectivity index (χ1n) is 5.00. The summed E-state index contributed by atoms with van der Waals surface area (Å²) >= 11 is 3.71. The van der Waals surface area contributed by atoms with Gasteiger partial charge in [-0.3, -0.25) is 9.59 Å². The lowest BCUT2D eigenvalue weighted by molar-refractivity contribution is -0.152. The van der Waals surface area contributed by atoms with E-state index < -0.39 is 6.10 Å². The van der Waals surface area contributed by atoms with Gasteiger partial charge in [0, 0.05) is 13.3 Å². The highest BCUT2D eigenvalue weighted by Gasteiger charge is 2.24. The van der Waals surface area contributed by atoms with Crippen molar-refractivity contribution in [1.82, 2.24) is 0 Å². The van der Waals surface area contributed by atoms with Crippen molar-refractivity contribution in [2.45, 2.75) is 37.4 Å². The maximum Gasteiger partial charge on any atom is 0.303 e. The zero-order valence-electron chi connectivity index (χ0n) is 9.02. The Labute approximate surface area is 98.7 Å². The van der Waals surface area contributed by atoms with E-state index in [1.54, 1.807) is 0 Å². The molecule has 0 saturated carbocycles. The van der Waals surface area contributed by atoms with E-state index in [4.69, 9.17) is 4.74 Å². The third-order valence-electron chi connectivity index (χ3n) is 2.06. The number of ether oxygens (including phenoxy) is 1. The van der Waals surface area contributed by atoms with Crippen LogP contribution in [-0.2, 0) is 14.3 Å². The average Bonchev–Trinajstić information content (AvgIpc) is 2.17. The van der Waals surface area contributed by atoms with E-state index in [1.165, 1.54) is 20.3 Å². The van der Waals surface area contributed by atoms with Gasteiger partial charge in [0.1, 0.15) is 0 Å². The van der Waals surface area contributed by atoms with Crippen molar-refractivity contribution in [3.05, 3.63) is 0 Å². The number of hydrogen-bond donors (Lipinski definition) is 0. The molecule has 1 rings (SSSR count). The molecule has 1 fully saturated rings. The third-order valence-corrected chi connectivity index (χ3v) is 5.06. The van der Waals surface area contributed by atoms with Crippen LogP contribution in [0.3, 0.4) is 0 Å². The SMILES string of the molecule is CC(=O)O[C@@H](CC1SCCCS1)C(C)=O. The van der Waals surface area contributed by atoms with E-state index in [1.807, 2.05) is 23.5 Å². The molecule has 0 aromatic carbocycles. The number of thioether (sulfide) groups is 2. The molecule has 1 atom stereocenters. The zero-order chi connectivity index (χ0) is 11.3. The molecule has 0 aromatic rings. The Kier molecular flexibility index (Phi) is 5.53. The van der Waals surface area contributed by atoms with E-state index in [2.05, 4.69) is 0 Å². The summed E-state index contributed by atoms with van der Waals surface area (Å²) < 4.78 is 5.39. The van der Waals surface area contributed by atoms with Crippen molar-refractivity contribution >= 4 is 35.3 Å². The van der Waals surface area contributed by atoms with Gasteiger partial charge in [-0.05, 0) is 24.9 Å². The van der Waals surface area contributed by atoms with Crippen LogP contribution < -0.4 is 0 Å². The van der Waals surface area contributed by atoms with Gasteiger partial charge in [-0.25, -0.2) is 0 Å². The van der Waals surface area contributed by atoms with Gasteiger partial charge in [-0.15, -0.1) is 23.5 Å². The van der Waals surface area contributed by atoms with Crippen LogP contribution in [0.1, 0.15) is 26.7 Å². The number of carbonyl (C=O) groups excluding carboxylic acids is 2. The molecule has 0 bridgehead atoms. The van der Waals surface area contributed by atoms with E-state index in [9.17, 15) is 9.59 Å². The van der Waals surface area contributed by atoms with Crippen molar-refractivity contribution in [3.8, 4) is 0 Å². The lowest BCUT2D eigenvalue weighted by Crippen LogP contribution is -2.28. The normalized spacial score (nSPS) is 19.6. The molecule has 0 spiro atoms. The van der Waals surface area contributed by atoms with Crippen LogP contribution in [0.4, 0.5) is 0 Å². The standard InChI is InChI=1S/C10H16O3S2/c1-7(11)9(13-8(2)12)6-10-14-4-3-5-15-10/h9-10H,3-6H2,1-2H3/t9-/m0/s1. The van der Waals surface area contributed by atoms with Crippen LogP contribution in [0.5, 0.6) is 0 Å². The minimum atomic E-state index is -0.550. The monoisotopic (exact) mass is 248 g/mol. The molecule has 1 saturated heterocycles. The van der Waals surface area contributed by atoms with Crippen LogP contribution in [-0.4, -0.2) is 33.9 Å². The number of carbonyl (C=O) groups is 2. The zero-order valence-corrected chi connectivity index (χ0v) is 10.7. The first-order valence-corrected chi connectivity index (χ1v) is 7.10. The number of hydrogen-bond acceptors (Lipinski definition) is 5. The molecule has 1 aliphatic rings. The first kappa shape index (κ1) is 12.9. The molecule has 0 amide bonds. The molecule has 5 heteroatoms. The van der Waals surface area contributed by atoms with Gasteiger partial charge in [-0.1, -0.05) is 0 Å². The van der Waals surface area contributed by atoms with Gasteiger partial charge in [0.25, 0.3) is 0 Å². The molecule has 0 aliphatic carbocycles. The number of esters is 1. The smallest absolute Gasteiger partial charge is 0.303 e. The molecule has 1 heterocycles. The molecule has 0 aromatic heterocycles. The maximum atomic E-state index is 11.3. The number of Topliss-reactive ketones (excluding diaryl/α,β-unsaturated/α-hetero) is 1. The summed E-state index contributed by atoms with van der Waals surface area (Å²) in [6.45, 7) is 2.82. The predicted molar refractivity (Wildman–Crippen MR) is 64.2 cm³/mol. The van der Waals surface area contributed by atoms with Gasteiger partial charge in [-0.2, -0.15) is 0 Å². The average molecular weight is 248 g/mol. The Morgan fingerprint density at radius 2 is 1.93 bits per heavy atom. The fourth-order valence-electron chi connectivity index (χ4n) is 1.34. The molecular weight excluding hydrogens is 232 g/mol. The van der Waals surface area contributed by atoms with Crippen molar-refractivity contribution in [2.75, 3.05) is 11.5 Å². The molecule has 0 radical (unpaired) electrons. The second-order valence-corrected chi connectivity index (χ2v) is 6.39. The van der Waals surface area contributed by atoms with E-state index in [0.717, 1.165) is 11.5 Å². The largest absolute Gasteiger partial charge is 0.454 e. The molecular formula is C10H16O3S2. The summed E-state index contributed by atoms with van der Waals surface area (Å²) in [6.07, 6.45) is 1.32. The fraction of sp³-hybridized carbons (Fsp3) is 0.800. The Bertz CT molecular complexity index is 237. The van der Waals surface area contributed by atoms with E-state index in [0.29, 0.717) is 11.0 Å². The Morgan fingerprint density at radius 3 is 2.40 bits per heavy atom. The van der Waals surface area contributed by atoms with E-state index in [-0.39, 0.29) is 11.8 Å². The minimum Gasteiger partial charge on any atom is -0.454 e. The summed E-state index contributed by atoms with van der Waals surface area (Å²) in [5.74, 6) is 1.85. The van der Waals surface area contributed by atoms with Crippen LogP contribution in [0, 0.1) is 0 Å². The maximum absolute atomic E-state index is 11.3. The summed E-state index contributed by atoms with van der Waals surface area (Å²) in [6, 6.07) is 0. The molecule has 86 valence electrons. The second kappa shape index (κ2) is 6.43. The predicted octanol–water partition coefficient (Wildman–Crippen LogP) is 2.09. The quantitative estimate of drug-likeness (QED) is 0.713. The summed E-state index contributed by atoms with van der Waals surface area (Å²) in [5, 5.41) is 0. The molecule has 15 heavy (non-hydrogen) atoms.